The number of unbranched alkanes of at least 4 members (excludes halogenated alkanes) is 1. The molecule has 0 saturated carbocycles. The van der Waals surface area contributed by atoms with Crippen LogP contribution in [0.4, 0.5) is 0 Å². The van der Waals surface area contributed by atoms with Crippen LogP contribution < -0.4 is 10.6 Å². The third-order valence-electron chi connectivity index (χ3n) is 4.82. The molecule has 0 aromatic carbocycles. The summed E-state index contributed by atoms with van der Waals surface area (Å²) in [4.78, 5) is 13.5. The summed E-state index contributed by atoms with van der Waals surface area (Å²) in [6.45, 7) is 11.3. The molecule has 1 aromatic heterocycles. The SMILES string of the molecule is CCN1CCN(CCCCNC(=NC)NCCc2ccc(Cl)nc2)CC1.I. The van der Waals surface area contributed by atoms with Gasteiger partial charge in [-0.25, -0.2) is 4.98 Å². The Labute approximate surface area is 186 Å². The number of nitrogens with zero attached hydrogens (tertiary/aromatic N) is 4. The molecule has 1 aliphatic rings. The van der Waals surface area contributed by atoms with Crippen LogP contribution in [-0.2, 0) is 6.42 Å². The molecule has 0 unspecified atom stereocenters. The highest BCUT2D eigenvalue weighted by Crippen LogP contribution is 2.05. The fourth-order valence-corrected chi connectivity index (χ4v) is 3.21. The first-order chi connectivity index (χ1) is 12.7. The fourth-order valence-electron chi connectivity index (χ4n) is 3.10. The Morgan fingerprint density at radius 1 is 1.11 bits per heavy atom. The van der Waals surface area contributed by atoms with Gasteiger partial charge in [-0.2, -0.15) is 0 Å². The van der Waals surface area contributed by atoms with E-state index >= 15 is 0 Å². The van der Waals surface area contributed by atoms with Crippen molar-refractivity contribution in [2.24, 2.45) is 4.99 Å². The van der Waals surface area contributed by atoms with E-state index in [1.54, 1.807) is 0 Å². The number of hydrogen-bond acceptors (Lipinski definition) is 4. The van der Waals surface area contributed by atoms with Crippen LogP contribution in [0, 0.1) is 0 Å². The highest BCUT2D eigenvalue weighted by molar-refractivity contribution is 14.0. The number of likely N-dealkylation sites (N-methyl/N-ethyl adjacent to an activating group) is 1. The number of halogens is 2. The fraction of sp³-hybridized carbons (Fsp3) is 0.684. The largest absolute Gasteiger partial charge is 0.356 e. The van der Waals surface area contributed by atoms with E-state index in [9.17, 15) is 0 Å². The van der Waals surface area contributed by atoms with Crippen molar-refractivity contribution < 1.29 is 0 Å². The van der Waals surface area contributed by atoms with Gasteiger partial charge in [0.2, 0.25) is 0 Å². The van der Waals surface area contributed by atoms with Gasteiger partial charge in [0, 0.05) is 52.5 Å². The van der Waals surface area contributed by atoms with E-state index < -0.39 is 0 Å². The van der Waals surface area contributed by atoms with Crippen LogP contribution in [0.1, 0.15) is 25.3 Å². The zero-order valence-corrected chi connectivity index (χ0v) is 19.7. The number of rotatable bonds is 9. The van der Waals surface area contributed by atoms with E-state index in [0.717, 1.165) is 31.9 Å². The number of piperazine rings is 1. The Morgan fingerprint density at radius 3 is 2.44 bits per heavy atom. The lowest BCUT2D eigenvalue weighted by atomic mass is 10.2. The van der Waals surface area contributed by atoms with Crippen LogP contribution in [0.25, 0.3) is 0 Å². The van der Waals surface area contributed by atoms with Gasteiger partial charge in [-0.05, 0) is 44.0 Å². The normalized spacial score (nSPS) is 16.0. The Balaban J connectivity index is 0.00000364. The quantitative estimate of drug-likeness (QED) is 0.176. The van der Waals surface area contributed by atoms with E-state index in [4.69, 9.17) is 11.6 Å². The van der Waals surface area contributed by atoms with Gasteiger partial charge in [0.25, 0.3) is 0 Å². The number of pyridine rings is 1. The van der Waals surface area contributed by atoms with Gasteiger partial charge in [0.15, 0.2) is 5.96 Å². The van der Waals surface area contributed by atoms with Crippen molar-refractivity contribution in [3.63, 3.8) is 0 Å². The lowest BCUT2D eigenvalue weighted by Gasteiger charge is -2.34. The first kappa shape index (κ1) is 24.4. The summed E-state index contributed by atoms with van der Waals surface area (Å²) >= 11 is 5.80. The summed E-state index contributed by atoms with van der Waals surface area (Å²) in [7, 11) is 1.81. The van der Waals surface area contributed by atoms with Crippen molar-refractivity contribution in [1.29, 1.82) is 0 Å². The Kier molecular flexibility index (Phi) is 13.0. The van der Waals surface area contributed by atoms with Crippen molar-refractivity contribution in [2.45, 2.75) is 26.2 Å². The molecular formula is C19H34ClIN6. The van der Waals surface area contributed by atoms with Gasteiger partial charge >= 0.3 is 0 Å². The molecule has 0 atom stereocenters. The molecule has 0 radical (unpaired) electrons. The van der Waals surface area contributed by atoms with Crippen molar-refractivity contribution in [3.05, 3.63) is 29.0 Å². The van der Waals surface area contributed by atoms with Gasteiger partial charge in [-0.15, -0.1) is 24.0 Å². The smallest absolute Gasteiger partial charge is 0.190 e. The third-order valence-corrected chi connectivity index (χ3v) is 5.05. The van der Waals surface area contributed by atoms with Gasteiger partial charge in [-0.1, -0.05) is 24.6 Å². The second-order valence-corrected chi connectivity index (χ2v) is 7.04. The van der Waals surface area contributed by atoms with Crippen molar-refractivity contribution in [2.75, 3.05) is 59.4 Å². The zero-order valence-electron chi connectivity index (χ0n) is 16.6. The second kappa shape index (κ2) is 14.4. The van der Waals surface area contributed by atoms with E-state index in [-0.39, 0.29) is 24.0 Å². The molecule has 0 amide bonds. The molecule has 1 saturated heterocycles. The zero-order chi connectivity index (χ0) is 18.6. The average molecular weight is 509 g/mol. The predicted molar refractivity (Wildman–Crippen MR) is 126 cm³/mol. The van der Waals surface area contributed by atoms with E-state index in [2.05, 4.69) is 37.3 Å². The van der Waals surface area contributed by atoms with Crippen molar-refractivity contribution in [3.8, 4) is 0 Å². The van der Waals surface area contributed by atoms with Gasteiger partial charge in [-0.3, -0.25) is 4.99 Å². The van der Waals surface area contributed by atoms with Crippen LogP contribution in [-0.4, -0.2) is 80.1 Å². The number of hydrogen-bond donors (Lipinski definition) is 2. The summed E-state index contributed by atoms with van der Waals surface area (Å²) in [5.74, 6) is 0.864. The molecular weight excluding hydrogens is 475 g/mol. The van der Waals surface area contributed by atoms with Crippen molar-refractivity contribution in [1.82, 2.24) is 25.4 Å². The van der Waals surface area contributed by atoms with Crippen LogP contribution in [0.2, 0.25) is 5.15 Å². The van der Waals surface area contributed by atoms with Crippen LogP contribution in [0.5, 0.6) is 0 Å². The van der Waals surface area contributed by atoms with Gasteiger partial charge in [0.1, 0.15) is 5.15 Å². The predicted octanol–water partition coefficient (Wildman–Crippen LogP) is 2.48. The van der Waals surface area contributed by atoms with E-state index in [0.29, 0.717) is 5.15 Å². The molecule has 0 aliphatic carbocycles. The van der Waals surface area contributed by atoms with Gasteiger partial charge in [0.05, 0.1) is 0 Å². The summed E-state index contributed by atoms with van der Waals surface area (Å²) in [5.41, 5.74) is 1.17. The highest BCUT2D eigenvalue weighted by Gasteiger charge is 2.14. The molecule has 2 rings (SSSR count). The maximum absolute atomic E-state index is 5.80. The molecule has 2 N–H and O–H groups in total. The van der Waals surface area contributed by atoms with Crippen LogP contribution >= 0.6 is 35.6 Å². The minimum absolute atomic E-state index is 0. The first-order valence-corrected chi connectivity index (χ1v) is 10.1. The number of aliphatic imine (C=N–C) groups is 1. The number of nitrogens with one attached hydrogen (secondary N) is 2. The molecule has 1 aromatic rings. The lowest BCUT2D eigenvalue weighted by molar-refractivity contribution is 0.136. The topological polar surface area (TPSA) is 55.8 Å². The Bertz CT molecular complexity index is 532. The average Bonchev–Trinajstić information content (AvgIpc) is 2.68. The molecule has 27 heavy (non-hydrogen) atoms. The maximum Gasteiger partial charge on any atom is 0.190 e. The molecule has 2 heterocycles. The summed E-state index contributed by atoms with van der Waals surface area (Å²) in [6, 6.07) is 3.83. The highest BCUT2D eigenvalue weighted by atomic mass is 127. The Hall–Kier alpha value is -0.640. The minimum atomic E-state index is 0. The number of aromatic nitrogens is 1. The van der Waals surface area contributed by atoms with Gasteiger partial charge < -0.3 is 20.4 Å². The lowest BCUT2D eigenvalue weighted by Crippen LogP contribution is -2.46. The molecule has 1 aliphatic heterocycles. The third kappa shape index (κ3) is 9.91. The van der Waals surface area contributed by atoms with Crippen LogP contribution in [0.15, 0.2) is 23.3 Å². The molecule has 8 heteroatoms. The molecule has 0 bridgehead atoms. The van der Waals surface area contributed by atoms with E-state index in [1.165, 1.54) is 51.3 Å². The second-order valence-electron chi connectivity index (χ2n) is 6.65. The summed E-state index contributed by atoms with van der Waals surface area (Å²) in [5, 5.41) is 7.27. The standard InChI is InChI=1S/C19H33ClN6.HI/c1-3-25-12-14-26(15-13-25)11-5-4-9-22-19(21-2)23-10-8-17-6-7-18(20)24-16-17;/h6-7,16H,3-5,8-15H2,1-2H3,(H2,21,22,23);1H. The molecule has 6 nitrogen and oxygen atoms in total. The molecule has 154 valence electrons. The summed E-state index contributed by atoms with van der Waals surface area (Å²) < 4.78 is 0. The molecule has 0 spiro atoms. The number of guanidine groups is 1. The summed E-state index contributed by atoms with van der Waals surface area (Å²) in [6.07, 6.45) is 5.11. The monoisotopic (exact) mass is 508 g/mol. The Morgan fingerprint density at radius 2 is 1.81 bits per heavy atom. The van der Waals surface area contributed by atoms with Crippen molar-refractivity contribution >= 4 is 41.5 Å². The minimum Gasteiger partial charge on any atom is -0.356 e. The first-order valence-electron chi connectivity index (χ1n) is 9.71. The maximum atomic E-state index is 5.80. The van der Waals surface area contributed by atoms with Crippen LogP contribution in [0.3, 0.4) is 0 Å². The van der Waals surface area contributed by atoms with E-state index in [1.807, 2.05) is 25.4 Å². The molecule has 1 fully saturated rings.